The number of Topliss-reactive ketones (excluding diaryl/α,β-unsaturated/α-hetero) is 1. The second kappa shape index (κ2) is 5.63. The maximum Gasteiger partial charge on any atom is 0.191 e. The molecule has 5 heteroatoms. The van der Waals surface area contributed by atoms with E-state index in [4.69, 9.17) is 0 Å². The highest BCUT2D eigenvalue weighted by atomic mass is 32.2. The molecule has 2 aliphatic rings. The molecule has 1 atom stereocenters. The Hall–Kier alpha value is -2.79. The molecule has 1 heterocycles. The molecule has 4 nitrogen and oxygen atoms in total. The quantitative estimate of drug-likeness (QED) is 0.851. The summed E-state index contributed by atoms with van der Waals surface area (Å²) in [7, 11) is -3.79. The molecule has 0 spiro atoms. The zero-order valence-corrected chi connectivity index (χ0v) is 14.3. The second-order valence-corrected chi connectivity index (χ2v) is 8.04. The van der Waals surface area contributed by atoms with Crippen LogP contribution in [0.5, 0.6) is 0 Å². The first-order valence-electron chi connectivity index (χ1n) is 7.90. The fourth-order valence-corrected chi connectivity index (χ4v) is 5.13. The van der Waals surface area contributed by atoms with Crippen molar-refractivity contribution < 1.29 is 13.2 Å². The molecule has 0 fully saturated rings. The van der Waals surface area contributed by atoms with Crippen molar-refractivity contribution >= 4 is 32.6 Å². The van der Waals surface area contributed by atoms with E-state index in [0.717, 1.165) is 16.8 Å². The molecule has 0 amide bonds. The molecule has 0 saturated heterocycles. The Balaban J connectivity index is 1.94. The van der Waals surface area contributed by atoms with Crippen molar-refractivity contribution in [3.05, 3.63) is 77.9 Å². The van der Waals surface area contributed by atoms with E-state index < -0.39 is 15.1 Å². The minimum Gasteiger partial charge on any atom is -0.295 e. The molecule has 0 radical (unpaired) electrons. The van der Waals surface area contributed by atoms with Crippen LogP contribution in [0.1, 0.15) is 12.5 Å². The largest absolute Gasteiger partial charge is 0.295 e. The van der Waals surface area contributed by atoms with Crippen molar-refractivity contribution in [2.75, 3.05) is 0 Å². The number of rotatable bonds is 3. The van der Waals surface area contributed by atoms with Crippen LogP contribution in [0.2, 0.25) is 0 Å². The van der Waals surface area contributed by atoms with Gasteiger partial charge in [-0.3, -0.25) is 9.79 Å². The summed E-state index contributed by atoms with van der Waals surface area (Å²) in [5.74, 6) is -0.265. The van der Waals surface area contributed by atoms with Gasteiger partial charge in [0.1, 0.15) is 5.25 Å². The fourth-order valence-electron chi connectivity index (χ4n) is 3.27. The summed E-state index contributed by atoms with van der Waals surface area (Å²) in [6.45, 7) is 1.39. The van der Waals surface area contributed by atoms with Crippen LogP contribution in [0.25, 0.3) is 5.57 Å². The Kier molecular flexibility index (Phi) is 3.54. The number of hydrogen-bond acceptors (Lipinski definition) is 4. The zero-order chi connectivity index (χ0) is 17.6. The Bertz CT molecular complexity index is 1080. The predicted octanol–water partition coefficient (Wildman–Crippen LogP) is 3.53. The van der Waals surface area contributed by atoms with Gasteiger partial charge in [-0.2, -0.15) is 0 Å². The van der Waals surface area contributed by atoms with Gasteiger partial charge in [0.15, 0.2) is 15.6 Å². The van der Waals surface area contributed by atoms with Crippen molar-refractivity contribution in [1.29, 1.82) is 0 Å². The number of carbonyl (C=O) groups is 1. The fraction of sp³-hybridized carbons (Fsp3) is 0.100. The van der Waals surface area contributed by atoms with Crippen LogP contribution in [-0.2, 0) is 14.6 Å². The lowest BCUT2D eigenvalue weighted by Gasteiger charge is -2.23. The van der Waals surface area contributed by atoms with Crippen LogP contribution >= 0.6 is 0 Å². The minimum absolute atomic E-state index is 0.187. The second-order valence-electron chi connectivity index (χ2n) is 6.01. The molecule has 0 saturated carbocycles. The van der Waals surface area contributed by atoms with E-state index in [1.807, 2.05) is 24.3 Å². The van der Waals surface area contributed by atoms with E-state index in [1.54, 1.807) is 42.5 Å². The van der Waals surface area contributed by atoms with Gasteiger partial charge in [-0.05, 0) is 25.1 Å². The van der Waals surface area contributed by atoms with Crippen LogP contribution in [0.15, 0.2) is 82.2 Å². The van der Waals surface area contributed by atoms with E-state index in [9.17, 15) is 13.2 Å². The normalized spacial score (nSPS) is 18.6. The summed E-state index contributed by atoms with van der Waals surface area (Å²) < 4.78 is 26.6. The molecular weight excluding hydrogens is 334 g/mol. The first kappa shape index (κ1) is 15.7. The van der Waals surface area contributed by atoms with Gasteiger partial charge in [-0.15, -0.1) is 0 Å². The monoisotopic (exact) mass is 349 g/mol. The molecule has 25 heavy (non-hydrogen) atoms. The Labute approximate surface area is 146 Å². The van der Waals surface area contributed by atoms with Gasteiger partial charge in [0.25, 0.3) is 0 Å². The lowest BCUT2D eigenvalue weighted by Crippen LogP contribution is -2.36. The molecule has 124 valence electrons. The van der Waals surface area contributed by atoms with Crippen LogP contribution < -0.4 is 0 Å². The molecule has 4 rings (SSSR count). The molecular formula is C20H15NO3S. The van der Waals surface area contributed by atoms with Crippen molar-refractivity contribution in [1.82, 2.24) is 0 Å². The van der Waals surface area contributed by atoms with E-state index in [-0.39, 0.29) is 16.3 Å². The third-order valence-electron chi connectivity index (χ3n) is 4.46. The highest BCUT2D eigenvalue weighted by molar-refractivity contribution is 7.93. The first-order valence-corrected chi connectivity index (χ1v) is 9.45. The third kappa shape index (κ3) is 2.39. The van der Waals surface area contributed by atoms with Crippen molar-refractivity contribution in [3.8, 4) is 0 Å². The number of fused-ring (bicyclic) bond motifs is 3. The number of para-hydroxylation sites is 1. The van der Waals surface area contributed by atoms with Gasteiger partial charge in [0, 0.05) is 16.7 Å². The van der Waals surface area contributed by atoms with Crippen molar-refractivity contribution in [2.24, 2.45) is 4.99 Å². The third-order valence-corrected chi connectivity index (χ3v) is 6.49. The average molecular weight is 349 g/mol. The van der Waals surface area contributed by atoms with Gasteiger partial charge in [-0.1, -0.05) is 48.6 Å². The van der Waals surface area contributed by atoms with Gasteiger partial charge in [0.05, 0.1) is 16.3 Å². The molecule has 0 bridgehead atoms. The van der Waals surface area contributed by atoms with Crippen LogP contribution in [0, 0.1) is 0 Å². The summed E-state index contributed by atoms with van der Waals surface area (Å²) in [4.78, 5) is 16.9. The average Bonchev–Trinajstić information content (AvgIpc) is 3.00. The molecule has 1 aliphatic heterocycles. The van der Waals surface area contributed by atoms with Crippen molar-refractivity contribution in [3.63, 3.8) is 0 Å². The lowest BCUT2D eigenvalue weighted by molar-refractivity contribution is -0.113. The minimum atomic E-state index is -3.79. The Morgan fingerprint density at radius 2 is 1.64 bits per heavy atom. The van der Waals surface area contributed by atoms with E-state index in [0.29, 0.717) is 5.71 Å². The number of benzene rings is 2. The smallest absolute Gasteiger partial charge is 0.191 e. The molecule has 0 aromatic heterocycles. The van der Waals surface area contributed by atoms with Gasteiger partial charge in [0.2, 0.25) is 0 Å². The Morgan fingerprint density at radius 1 is 0.960 bits per heavy atom. The number of allylic oxidation sites excluding steroid dienone is 3. The molecule has 2 aromatic rings. The summed E-state index contributed by atoms with van der Waals surface area (Å²) in [6.07, 6.45) is 3.41. The summed E-state index contributed by atoms with van der Waals surface area (Å²) in [6, 6.07) is 15.7. The van der Waals surface area contributed by atoms with Crippen molar-refractivity contribution in [2.45, 2.75) is 17.1 Å². The number of carbonyl (C=O) groups excluding carboxylic acids is 1. The van der Waals surface area contributed by atoms with Gasteiger partial charge in [-0.25, -0.2) is 8.42 Å². The highest BCUT2D eigenvalue weighted by Crippen LogP contribution is 2.41. The van der Waals surface area contributed by atoms with Gasteiger partial charge >= 0.3 is 0 Å². The molecule has 1 unspecified atom stereocenters. The van der Waals surface area contributed by atoms with E-state index in [2.05, 4.69) is 4.99 Å². The number of hydrogen-bond donors (Lipinski definition) is 0. The molecule has 0 N–H and O–H groups in total. The predicted molar refractivity (Wildman–Crippen MR) is 97.7 cm³/mol. The van der Waals surface area contributed by atoms with Crippen LogP contribution in [-0.4, -0.2) is 25.2 Å². The number of nitrogens with zero attached hydrogens (tertiary/aromatic N) is 1. The van der Waals surface area contributed by atoms with Crippen LogP contribution in [0.4, 0.5) is 5.69 Å². The summed E-state index contributed by atoms with van der Waals surface area (Å²) in [5, 5.41) is -1.08. The van der Waals surface area contributed by atoms with Gasteiger partial charge < -0.3 is 0 Å². The summed E-state index contributed by atoms with van der Waals surface area (Å²) in [5.41, 5.74) is 3.07. The first-order chi connectivity index (χ1) is 12.0. The molecule has 2 aromatic carbocycles. The number of aliphatic imine (C=N–C) groups is 1. The maximum atomic E-state index is 13.3. The molecule has 1 aliphatic carbocycles. The number of sulfone groups is 1. The van der Waals surface area contributed by atoms with Crippen LogP contribution in [0.3, 0.4) is 0 Å². The topological polar surface area (TPSA) is 63.6 Å². The highest BCUT2D eigenvalue weighted by Gasteiger charge is 2.42. The number of ketones is 1. The standard InChI is InChI=1S/C20H15NO3S/c1-13(22)15-11-12-17-16-9-5-6-10-18(16)21-19(17)20(15)25(23,24)14-7-3-2-4-8-14/h2-12,20H,1H3. The maximum absolute atomic E-state index is 13.3. The van der Waals surface area contributed by atoms with E-state index >= 15 is 0 Å². The van der Waals surface area contributed by atoms with E-state index in [1.165, 1.54) is 6.92 Å². The summed E-state index contributed by atoms with van der Waals surface area (Å²) >= 11 is 0. The zero-order valence-electron chi connectivity index (χ0n) is 13.5. The SMILES string of the molecule is CC(=O)C1=CC=C2C(=Nc3ccccc32)C1S(=O)(=O)c1ccccc1. The Morgan fingerprint density at radius 3 is 2.36 bits per heavy atom. The lowest BCUT2D eigenvalue weighted by atomic mass is 9.91.